The number of thiazole rings is 1. The number of methoxy groups -OCH3 is 1. The second-order valence-electron chi connectivity index (χ2n) is 4.38. The lowest BCUT2D eigenvalue weighted by Gasteiger charge is -2.34. The van der Waals surface area contributed by atoms with Crippen LogP contribution in [0.25, 0.3) is 0 Å². The first-order chi connectivity index (χ1) is 8.77. The zero-order chi connectivity index (χ0) is 12.8. The highest BCUT2D eigenvalue weighted by molar-refractivity contribution is 7.09. The fraction of sp³-hybridized carbons (Fsp3) is 0.667. The predicted molar refractivity (Wildman–Crippen MR) is 70.7 cm³/mol. The zero-order valence-electron chi connectivity index (χ0n) is 10.6. The molecule has 0 radical (unpaired) electrons. The Hall–Kier alpha value is -0.980. The van der Waals surface area contributed by atoms with Crippen molar-refractivity contribution in [2.24, 2.45) is 0 Å². The van der Waals surface area contributed by atoms with Crippen LogP contribution >= 0.6 is 11.3 Å². The van der Waals surface area contributed by atoms with Crippen LogP contribution in [-0.4, -0.2) is 43.2 Å². The van der Waals surface area contributed by atoms with Crippen molar-refractivity contribution in [1.82, 2.24) is 15.6 Å². The van der Waals surface area contributed by atoms with Crippen LogP contribution in [0, 0.1) is 0 Å². The first-order valence-corrected chi connectivity index (χ1v) is 7.07. The quantitative estimate of drug-likeness (QED) is 0.820. The van der Waals surface area contributed by atoms with E-state index in [0.717, 1.165) is 37.4 Å². The van der Waals surface area contributed by atoms with E-state index in [1.165, 1.54) is 0 Å². The van der Waals surface area contributed by atoms with E-state index in [9.17, 15) is 4.79 Å². The Balaban J connectivity index is 1.82. The molecule has 1 aliphatic rings. The van der Waals surface area contributed by atoms with Crippen molar-refractivity contribution >= 4 is 17.2 Å². The average molecular weight is 269 g/mol. The summed E-state index contributed by atoms with van der Waals surface area (Å²) in [7, 11) is 1.62. The maximum atomic E-state index is 12.2. The molecule has 0 aromatic carbocycles. The van der Waals surface area contributed by atoms with Crippen molar-refractivity contribution < 1.29 is 9.53 Å². The predicted octanol–water partition coefficient (Wildman–Crippen LogP) is 0.570. The molecule has 2 rings (SSSR count). The number of carbonyl (C=O) groups excluding carboxylic acids is 1. The number of nitrogens with zero attached hydrogens (tertiary/aromatic N) is 1. The average Bonchev–Trinajstić information content (AvgIpc) is 2.92. The minimum atomic E-state index is -0.645. The number of rotatable bonds is 5. The molecule has 1 amide bonds. The summed E-state index contributed by atoms with van der Waals surface area (Å²) in [5.74, 6) is 0.00283. The molecule has 0 aliphatic carbocycles. The van der Waals surface area contributed by atoms with Crippen molar-refractivity contribution in [3.05, 3.63) is 16.6 Å². The lowest BCUT2D eigenvalue weighted by Crippen LogP contribution is -2.54. The Morgan fingerprint density at radius 3 is 3.00 bits per heavy atom. The third-order valence-corrected chi connectivity index (χ3v) is 4.16. The van der Waals surface area contributed by atoms with Crippen molar-refractivity contribution in [3.8, 4) is 0 Å². The number of hydrogen-bond acceptors (Lipinski definition) is 5. The standard InChI is InChI=1S/C12H19N3O2S/c1-17-12(3-6-13-7-4-12)11(16)15-5-2-10-14-8-9-18-10/h8-9,13H,2-7H2,1H3,(H,15,16). The highest BCUT2D eigenvalue weighted by Crippen LogP contribution is 2.22. The van der Waals surface area contributed by atoms with Gasteiger partial charge < -0.3 is 15.4 Å². The Labute approximate surface area is 111 Å². The van der Waals surface area contributed by atoms with Crippen molar-refractivity contribution in [2.75, 3.05) is 26.7 Å². The summed E-state index contributed by atoms with van der Waals surface area (Å²) in [6, 6.07) is 0. The Morgan fingerprint density at radius 1 is 1.61 bits per heavy atom. The normalized spacial score (nSPS) is 18.5. The third-order valence-electron chi connectivity index (χ3n) is 3.32. The highest BCUT2D eigenvalue weighted by Gasteiger charge is 2.39. The van der Waals surface area contributed by atoms with Crippen LogP contribution in [0.3, 0.4) is 0 Å². The number of carbonyl (C=O) groups is 1. The summed E-state index contributed by atoms with van der Waals surface area (Å²) < 4.78 is 5.46. The molecule has 18 heavy (non-hydrogen) atoms. The number of hydrogen-bond donors (Lipinski definition) is 2. The van der Waals surface area contributed by atoms with Gasteiger partial charge in [-0.3, -0.25) is 4.79 Å². The molecule has 0 bridgehead atoms. The summed E-state index contributed by atoms with van der Waals surface area (Å²) in [6.07, 6.45) is 4.02. The van der Waals surface area contributed by atoms with Crippen molar-refractivity contribution in [3.63, 3.8) is 0 Å². The second-order valence-corrected chi connectivity index (χ2v) is 5.36. The van der Waals surface area contributed by atoms with E-state index < -0.39 is 5.60 Å². The smallest absolute Gasteiger partial charge is 0.252 e. The number of amides is 1. The molecule has 0 unspecified atom stereocenters. The molecule has 1 aliphatic heterocycles. The molecular formula is C12H19N3O2S. The van der Waals surface area contributed by atoms with Crippen LogP contribution in [0.4, 0.5) is 0 Å². The molecule has 0 saturated carbocycles. The summed E-state index contributed by atoms with van der Waals surface area (Å²) >= 11 is 1.61. The van der Waals surface area contributed by atoms with Gasteiger partial charge in [0.25, 0.3) is 5.91 Å². The summed E-state index contributed by atoms with van der Waals surface area (Å²) in [5, 5.41) is 9.19. The van der Waals surface area contributed by atoms with Gasteiger partial charge in [0.15, 0.2) is 0 Å². The van der Waals surface area contributed by atoms with E-state index in [0.29, 0.717) is 6.54 Å². The number of aromatic nitrogens is 1. The van der Waals surface area contributed by atoms with Crippen molar-refractivity contribution in [2.45, 2.75) is 24.9 Å². The van der Waals surface area contributed by atoms with Gasteiger partial charge in [-0.2, -0.15) is 0 Å². The molecule has 0 spiro atoms. The minimum absolute atomic E-state index is 0.00283. The molecule has 1 fully saturated rings. The number of piperidine rings is 1. The summed E-state index contributed by atoms with van der Waals surface area (Å²) in [5.41, 5.74) is -0.645. The van der Waals surface area contributed by atoms with Gasteiger partial charge in [0, 0.05) is 31.7 Å². The molecule has 1 aromatic rings. The van der Waals surface area contributed by atoms with Crippen LogP contribution in [0.15, 0.2) is 11.6 Å². The van der Waals surface area contributed by atoms with E-state index in [-0.39, 0.29) is 5.91 Å². The SMILES string of the molecule is COC1(C(=O)NCCc2nccs2)CCNCC1. The Kier molecular flexibility index (Phi) is 4.68. The molecular weight excluding hydrogens is 250 g/mol. The van der Waals surface area contributed by atoms with Gasteiger partial charge >= 0.3 is 0 Å². The van der Waals surface area contributed by atoms with Crippen LogP contribution in [-0.2, 0) is 16.0 Å². The van der Waals surface area contributed by atoms with E-state index in [4.69, 9.17) is 4.74 Å². The molecule has 1 aromatic heterocycles. The first-order valence-electron chi connectivity index (χ1n) is 6.19. The lowest BCUT2D eigenvalue weighted by atomic mass is 9.91. The van der Waals surface area contributed by atoms with Gasteiger partial charge in [-0.1, -0.05) is 0 Å². The van der Waals surface area contributed by atoms with Crippen LogP contribution in [0.5, 0.6) is 0 Å². The number of ether oxygens (including phenoxy) is 1. The van der Waals surface area contributed by atoms with Crippen LogP contribution in [0.1, 0.15) is 17.8 Å². The fourth-order valence-corrected chi connectivity index (χ4v) is 2.80. The van der Waals surface area contributed by atoms with E-state index in [1.54, 1.807) is 24.6 Å². The van der Waals surface area contributed by atoms with Gasteiger partial charge in [-0.15, -0.1) is 11.3 Å². The Morgan fingerprint density at radius 2 is 2.39 bits per heavy atom. The molecule has 2 heterocycles. The van der Waals surface area contributed by atoms with E-state index in [1.807, 2.05) is 5.38 Å². The largest absolute Gasteiger partial charge is 0.368 e. The summed E-state index contributed by atoms with van der Waals surface area (Å²) in [4.78, 5) is 16.4. The second kappa shape index (κ2) is 6.26. The first kappa shape index (κ1) is 13.5. The maximum Gasteiger partial charge on any atom is 0.252 e. The zero-order valence-corrected chi connectivity index (χ0v) is 11.4. The van der Waals surface area contributed by atoms with E-state index >= 15 is 0 Å². The van der Waals surface area contributed by atoms with Gasteiger partial charge in [-0.05, 0) is 25.9 Å². The van der Waals surface area contributed by atoms with E-state index in [2.05, 4.69) is 15.6 Å². The van der Waals surface area contributed by atoms with Gasteiger partial charge in [0.05, 0.1) is 5.01 Å². The minimum Gasteiger partial charge on any atom is -0.368 e. The monoisotopic (exact) mass is 269 g/mol. The van der Waals surface area contributed by atoms with Gasteiger partial charge in [0.1, 0.15) is 5.60 Å². The molecule has 100 valence electrons. The maximum absolute atomic E-state index is 12.2. The fourth-order valence-electron chi connectivity index (χ4n) is 2.17. The van der Waals surface area contributed by atoms with Crippen LogP contribution < -0.4 is 10.6 Å². The molecule has 5 nitrogen and oxygen atoms in total. The summed E-state index contributed by atoms with van der Waals surface area (Å²) in [6.45, 7) is 2.27. The third kappa shape index (κ3) is 3.07. The van der Waals surface area contributed by atoms with Gasteiger partial charge in [0.2, 0.25) is 0 Å². The lowest BCUT2D eigenvalue weighted by molar-refractivity contribution is -0.146. The van der Waals surface area contributed by atoms with Crippen molar-refractivity contribution in [1.29, 1.82) is 0 Å². The van der Waals surface area contributed by atoms with Crippen LogP contribution in [0.2, 0.25) is 0 Å². The molecule has 1 saturated heterocycles. The Bertz CT molecular complexity index is 375. The van der Waals surface area contributed by atoms with Gasteiger partial charge in [-0.25, -0.2) is 4.98 Å². The molecule has 6 heteroatoms. The topological polar surface area (TPSA) is 63.2 Å². The molecule has 0 atom stereocenters. The highest BCUT2D eigenvalue weighted by atomic mass is 32.1. The number of nitrogens with one attached hydrogen (secondary N) is 2. The molecule has 2 N–H and O–H groups in total.